The van der Waals surface area contributed by atoms with Crippen molar-refractivity contribution < 1.29 is 17.9 Å². The summed E-state index contributed by atoms with van der Waals surface area (Å²) < 4.78 is 42.6. The molecule has 0 aromatic heterocycles. The van der Waals surface area contributed by atoms with Crippen molar-refractivity contribution in [1.82, 2.24) is 5.43 Å². The molecule has 18 heavy (non-hydrogen) atoms. The van der Waals surface area contributed by atoms with E-state index in [0.29, 0.717) is 0 Å². The Morgan fingerprint density at radius 1 is 1.50 bits per heavy atom. The minimum absolute atomic E-state index is 0.205. The van der Waals surface area contributed by atoms with Crippen molar-refractivity contribution in [3.63, 3.8) is 0 Å². The van der Waals surface area contributed by atoms with Crippen LogP contribution in [-0.4, -0.2) is 19.3 Å². The molecule has 0 heterocycles. The number of rotatable bonds is 3. The molecule has 0 spiro atoms. The molecule has 0 amide bonds. The number of hydrogen-bond acceptors (Lipinski definition) is 3. The molecule has 0 radical (unpaired) electrons. The molecule has 0 unspecified atom stereocenters. The quantitative estimate of drug-likeness (QED) is 0.438. The normalized spacial score (nSPS) is 11.6. The maximum absolute atomic E-state index is 12.7. The lowest BCUT2D eigenvalue weighted by molar-refractivity contribution is -0.138. The van der Waals surface area contributed by atoms with Crippen molar-refractivity contribution in [2.45, 2.75) is 6.18 Å². The van der Waals surface area contributed by atoms with Crippen LogP contribution in [0.25, 0.3) is 0 Å². The Hall–Kier alpha value is -2.25. The average Bonchev–Trinajstić information content (AvgIpc) is 2.27. The Labute approximate surface area is 101 Å². The molecular formula is C10H11F3N4O. The lowest BCUT2D eigenvalue weighted by Gasteiger charge is -2.12. The molecule has 1 aromatic rings. The standard InChI is InChI=1S/C10H11F3N4O/c1-18-8-3-2-6(5-16-17-9(14)15)4-7(8)10(11,12)13/h2-5H,1H3,(H4,14,15,17). The summed E-state index contributed by atoms with van der Waals surface area (Å²) in [5.74, 6) is -0.671. The third-order valence-electron chi connectivity index (χ3n) is 1.93. The Bertz CT molecular complexity index is 471. The number of guanidine groups is 1. The van der Waals surface area contributed by atoms with Crippen LogP contribution in [0, 0.1) is 5.41 Å². The summed E-state index contributed by atoms with van der Waals surface area (Å²) >= 11 is 0. The maximum atomic E-state index is 12.7. The summed E-state index contributed by atoms with van der Waals surface area (Å²) in [4.78, 5) is 0. The Kier molecular flexibility index (Phi) is 4.13. The van der Waals surface area contributed by atoms with Crippen LogP contribution in [-0.2, 0) is 6.18 Å². The molecule has 1 aromatic carbocycles. The number of halogens is 3. The van der Waals surface area contributed by atoms with Crippen molar-refractivity contribution >= 4 is 12.2 Å². The van der Waals surface area contributed by atoms with E-state index in [1.807, 2.05) is 0 Å². The Morgan fingerprint density at radius 3 is 2.67 bits per heavy atom. The first-order valence-corrected chi connectivity index (χ1v) is 4.73. The van der Waals surface area contributed by atoms with Crippen LogP contribution in [0.4, 0.5) is 13.2 Å². The molecular weight excluding hydrogens is 249 g/mol. The first kappa shape index (κ1) is 13.8. The van der Waals surface area contributed by atoms with Gasteiger partial charge in [-0.15, -0.1) is 0 Å². The second kappa shape index (κ2) is 5.39. The second-order valence-electron chi connectivity index (χ2n) is 3.24. The number of nitrogens with two attached hydrogens (primary N) is 1. The van der Waals surface area contributed by atoms with Crippen LogP contribution in [0.5, 0.6) is 5.75 Å². The fourth-order valence-electron chi connectivity index (χ4n) is 1.20. The van der Waals surface area contributed by atoms with E-state index >= 15 is 0 Å². The van der Waals surface area contributed by atoms with Gasteiger partial charge in [-0.1, -0.05) is 0 Å². The average molecular weight is 260 g/mol. The van der Waals surface area contributed by atoms with E-state index in [1.165, 1.54) is 12.1 Å². The van der Waals surface area contributed by atoms with Crippen LogP contribution in [0.3, 0.4) is 0 Å². The van der Waals surface area contributed by atoms with Gasteiger partial charge >= 0.3 is 6.18 Å². The van der Waals surface area contributed by atoms with Gasteiger partial charge in [0.1, 0.15) is 5.75 Å². The van der Waals surface area contributed by atoms with Crippen LogP contribution in [0.2, 0.25) is 0 Å². The second-order valence-corrected chi connectivity index (χ2v) is 3.24. The van der Waals surface area contributed by atoms with E-state index in [4.69, 9.17) is 11.1 Å². The van der Waals surface area contributed by atoms with Gasteiger partial charge in [0.05, 0.1) is 18.9 Å². The van der Waals surface area contributed by atoms with Crippen molar-refractivity contribution in [3.8, 4) is 5.75 Å². The van der Waals surface area contributed by atoms with Gasteiger partial charge < -0.3 is 10.5 Å². The van der Waals surface area contributed by atoms with Gasteiger partial charge in [-0.2, -0.15) is 18.3 Å². The first-order valence-electron chi connectivity index (χ1n) is 4.73. The monoisotopic (exact) mass is 260 g/mol. The number of methoxy groups -OCH3 is 1. The fourth-order valence-corrected chi connectivity index (χ4v) is 1.20. The molecule has 5 nitrogen and oxygen atoms in total. The zero-order chi connectivity index (χ0) is 13.8. The van der Waals surface area contributed by atoms with Gasteiger partial charge in [0.25, 0.3) is 0 Å². The molecule has 98 valence electrons. The number of ether oxygens (including phenoxy) is 1. The number of hydrazone groups is 1. The van der Waals surface area contributed by atoms with Crippen molar-refractivity contribution in [2.24, 2.45) is 10.8 Å². The summed E-state index contributed by atoms with van der Waals surface area (Å²) in [6, 6.07) is 3.49. The smallest absolute Gasteiger partial charge is 0.419 e. The molecule has 0 atom stereocenters. The zero-order valence-electron chi connectivity index (χ0n) is 9.38. The lowest BCUT2D eigenvalue weighted by atomic mass is 10.1. The van der Waals surface area contributed by atoms with Gasteiger partial charge in [-0.25, -0.2) is 5.43 Å². The number of nitrogens with zero attached hydrogens (tertiary/aromatic N) is 1. The third kappa shape index (κ3) is 3.65. The zero-order valence-corrected chi connectivity index (χ0v) is 9.38. The predicted octanol–water partition coefficient (Wildman–Crippen LogP) is 1.53. The minimum atomic E-state index is -4.51. The lowest BCUT2D eigenvalue weighted by Crippen LogP contribution is -2.25. The Balaban J connectivity index is 3.03. The summed E-state index contributed by atoms with van der Waals surface area (Å²) in [7, 11) is 1.16. The highest BCUT2D eigenvalue weighted by molar-refractivity contribution is 5.82. The SMILES string of the molecule is COc1ccc(C=NNC(=N)N)cc1C(F)(F)F. The van der Waals surface area contributed by atoms with E-state index in [9.17, 15) is 13.2 Å². The molecule has 0 bridgehead atoms. The number of hydrogen-bond donors (Lipinski definition) is 3. The van der Waals surface area contributed by atoms with Gasteiger partial charge in [-0.3, -0.25) is 5.41 Å². The topological polar surface area (TPSA) is 83.5 Å². The van der Waals surface area contributed by atoms with Crippen LogP contribution >= 0.6 is 0 Å². The largest absolute Gasteiger partial charge is 0.496 e. The minimum Gasteiger partial charge on any atom is -0.496 e. The van der Waals surface area contributed by atoms with E-state index in [2.05, 4.69) is 15.3 Å². The van der Waals surface area contributed by atoms with Gasteiger partial charge in [0.2, 0.25) is 5.96 Å². The van der Waals surface area contributed by atoms with E-state index in [1.54, 1.807) is 0 Å². The van der Waals surface area contributed by atoms with E-state index < -0.39 is 17.7 Å². The van der Waals surface area contributed by atoms with E-state index in [0.717, 1.165) is 19.4 Å². The van der Waals surface area contributed by atoms with Crippen LogP contribution in [0.15, 0.2) is 23.3 Å². The maximum Gasteiger partial charge on any atom is 0.419 e. The molecule has 0 aliphatic rings. The molecule has 0 saturated carbocycles. The molecule has 4 N–H and O–H groups in total. The van der Waals surface area contributed by atoms with Gasteiger partial charge in [-0.05, 0) is 23.8 Å². The highest BCUT2D eigenvalue weighted by atomic mass is 19.4. The molecule has 0 saturated heterocycles. The molecule has 8 heteroatoms. The summed E-state index contributed by atoms with van der Waals surface area (Å²) in [5.41, 5.74) is 6.37. The van der Waals surface area contributed by atoms with Crippen LogP contribution < -0.4 is 15.9 Å². The van der Waals surface area contributed by atoms with Gasteiger partial charge in [0.15, 0.2) is 0 Å². The molecule has 0 aliphatic heterocycles. The highest BCUT2D eigenvalue weighted by Gasteiger charge is 2.34. The summed E-state index contributed by atoms with van der Waals surface area (Å²) in [5, 5.41) is 10.3. The van der Waals surface area contributed by atoms with Crippen LogP contribution in [0.1, 0.15) is 11.1 Å². The molecule has 0 fully saturated rings. The van der Waals surface area contributed by atoms with Crippen molar-refractivity contribution in [3.05, 3.63) is 29.3 Å². The Morgan fingerprint density at radius 2 is 2.17 bits per heavy atom. The molecule has 0 aliphatic carbocycles. The number of nitrogens with one attached hydrogen (secondary N) is 2. The van der Waals surface area contributed by atoms with Crippen molar-refractivity contribution in [2.75, 3.05) is 7.11 Å². The van der Waals surface area contributed by atoms with Gasteiger partial charge in [0, 0.05) is 0 Å². The third-order valence-corrected chi connectivity index (χ3v) is 1.93. The van der Waals surface area contributed by atoms with E-state index in [-0.39, 0.29) is 11.3 Å². The fraction of sp³-hybridized carbons (Fsp3) is 0.200. The predicted molar refractivity (Wildman–Crippen MR) is 60.6 cm³/mol. The van der Waals surface area contributed by atoms with Crippen molar-refractivity contribution in [1.29, 1.82) is 5.41 Å². The molecule has 1 rings (SSSR count). The highest BCUT2D eigenvalue weighted by Crippen LogP contribution is 2.36. The summed E-state index contributed by atoms with van der Waals surface area (Å²) in [6.45, 7) is 0. The number of alkyl halides is 3. The number of benzene rings is 1. The summed E-state index contributed by atoms with van der Waals surface area (Å²) in [6.07, 6.45) is -3.39. The first-order chi connectivity index (χ1) is 8.34.